The van der Waals surface area contributed by atoms with Crippen molar-refractivity contribution in [3.8, 4) is 0 Å². The Morgan fingerprint density at radius 3 is 2.64 bits per heavy atom. The van der Waals surface area contributed by atoms with Crippen LogP contribution in [0.25, 0.3) is 0 Å². The van der Waals surface area contributed by atoms with Crippen LogP contribution < -0.4 is 5.73 Å². The number of hydrogen-bond acceptors (Lipinski definition) is 2. The van der Waals surface area contributed by atoms with Crippen LogP contribution in [0.5, 0.6) is 0 Å². The maximum Gasteiger partial charge on any atom is 0.0750 e. The molecule has 3 heteroatoms. The van der Waals surface area contributed by atoms with Crippen molar-refractivity contribution in [2.75, 3.05) is 13.2 Å². The number of hydrogen-bond donors (Lipinski definition) is 1. The zero-order chi connectivity index (χ0) is 8.53. The zero-order valence-electron chi connectivity index (χ0n) is 7.14. The fourth-order valence-electron chi connectivity index (χ4n) is 0.729. The smallest absolute Gasteiger partial charge is 0.0750 e. The van der Waals surface area contributed by atoms with Crippen molar-refractivity contribution in [1.29, 1.82) is 0 Å². The summed E-state index contributed by atoms with van der Waals surface area (Å²) < 4.78 is 5.28. The molecule has 11 heavy (non-hydrogen) atoms. The predicted octanol–water partition coefficient (Wildman–Crippen LogP) is 1.87. The molecule has 66 valence electrons. The van der Waals surface area contributed by atoms with Crippen LogP contribution in [0.1, 0.15) is 32.6 Å². The highest BCUT2D eigenvalue weighted by atomic mass is 32.1. The van der Waals surface area contributed by atoms with Crippen LogP contribution in [0.2, 0.25) is 0 Å². The monoisotopic (exact) mass is 175 g/mol. The summed E-state index contributed by atoms with van der Waals surface area (Å²) in [6.45, 7) is 3.70. The van der Waals surface area contributed by atoms with E-state index in [4.69, 9.17) is 22.7 Å². The molecule has 0 aliphatic rings. The van der Waals surface area contributed by atoms with E-state index in [1.807, 2.05) is 0 Å². The largest absolute Gasteiger partial charge is 0.393 e. The van der Waals surface area contributed by atoms with Crippen molar-refractivity contribution in [3.05, 3.63) is 0 Å². The number of unbranched alkanes of at least 4 members (excludes halogenated alkanes) is 2. The number of thiocarbonyl (C=S) groups is 1. The molecule has 2 nitrogen and oxygen atoms in total. The van der Waals surface area contributed by atoms with Crippen molar-refractivity contribution in [2.24, 2.45) is 5.73 Å². The molecule has 0 unspecified atom stereocenters. The molecule has 0 aliphatic heterocycles. The van der Waals surface area contributed by atoms with E-state index >= 15 is 0 Å². The first-order chi connectivity index (χ1) is 5.27. The molecule has 0 aromatic heterocycles. The summed E-state index contributed by atoms with van der Waals surface area (Å²) in [6, 6.07) is 0. The van der Waals surface area contributed by atoms with E-state index in [1.165, 1.54) is 12.8 Å². The minimum Gasteiger partial charge on any atom is -0.393 e. The summed E-state index contributed by atoms with van der Waals surface area (Å²) >= 11 is 4.69. The van der Waals surface area contributed by atoms with Crippen LogP contribution in [0.3, 0.4) is 0 Å². The summed E-state index contributed by atoms with van der Waals surface area (Å²) in [4.78, 5) is 0.542. The highest BCUT2D eigenvalue weighted by Crippen LogP contribution is 1.94. The van der Waals surface area contributed by atoms with Gasteiger partial charge in [0.05, 0.1) is 11.6 Å². The predicted molar refractivity (Wildman–Crippen MR) is 51.7 cm³/mol. The van der Waals surface area contributed by atoms with E-state index in [0.29, 0.717) is 18.0 Å². The normalized spacial score (nSPS) is 9.91. The molecular formula is C8H17NOS. The van der Waals surface area contributed by atoms with Gasteiger partial charge in [0.15, 0.2) is 0 Å². The summed E-state index contributed by atoms with van der Waals surface area (Å²) in [7, 11) is 0. The quantitative estimate of drug-likeness (QED) is 0.474. The van der Waals surface area contributed by atoms with E-state index in [-0.39, 0.29) is 0 Å². The fraction of sp³-hybridized carbons (Fsp3) is 0.875. The summed E-state index contributed by atoms with van der Waals surface area (Å²) in [5.41, 5.74) is 5.28. The average molecular weight is 175 g/mol. The zero-order valence-corrected chi connectivity index (χ0v) is 7.95. The van der Waals surface area contributed by atoms with E-state index in [1.54, 1.807) is 0 Å². The molecule has 0 heterocycles. The molecule has 0 amide bonds. The fourth-order valence-corrected chi connectivity index (χ4v) is 0.812. The van der Waals surface area contributed by atoms with Crippen LogP contribution in [0, 0.1) is 0 Å². The number of nitrogens with two attached hydrogens (primary N) is 1. The Balaban J connectivity index is 2.85. The van der Waals surface area contributed by atoms with Gasteiger partial charge in [0.1, 0.15) is 0 Å². The highest BCUT2D eigenvalue weighted by molar-refractivity contribution is 7.80. The number of rotatable bonds is 7. The molecule has 0 rings (SSSR count). The molecule has 0 aromatic rings. The van der Waals surface area contributed by atoms with Crippen molar-refractivity contribution in [2.45, 2.75) is 32.6 Å². The van der Waals surface area contributed by atoms with Gasteiger partial charge in [0.2, 0.25) is 0 Å². The lowest BCUT2D eigenvalue weighted by molar-refractivity contribution is 0.137. The lowest BCUT2D eigenvalue weighted by Gasteiger charge is -2.01. The Morgan fingerprint density at radius 2 is 2.09 bits per heavy atom. The molecule has 2 N–H and O–H groups in total. The maximum absolute atomic E-state index is 5.28. The number of ether oxygens (including phenoxy) is 1. The van der Waals surface area contributed by atoms with Gasteiger partial charge in [-0.2, -0.15) is 0 Å². The van der Waals surface area contributed by atoms with Crippen LogP contribution in [-0.4, -0.2) is 18.2 Å². The van der Waals surface area contributed by atoms with Gasteiger partial charge in [0, 0.05) is 13.0 Å². The van der Waals surface area contributed by atoms with Crippen LogP contribution in [0.4, 0.5) is 0 Å². The second kappa shape index (κ2) is 7.95. The topological polar surface area (TPSA) is 35.2 Å². The first kappa shape index (κ1) is 10.8. The Morgan fingerprint density at radius 1 is 1.36 bits per heavy atom. The summed E-state index contributed by atoms with van der Waals surface area (Å²) in [5, 5.41) is 0. The van der Waals surface area contributed by atoms with E-state index < -0.39 is 0 Å². The van der Waals surface area contributed by atoms with Gasteiger partial charge in [0.25, 0.3) is 0 Å². The van der Waals surface area contributed by atoms with Crippen molar-refractivity contribution in [1.82, 2.24) is 0 Å². The second-order valence-electron chi connectivity index (χ2n) is 2.54. The molecule has 0 saturated carbocycles. The maximum atomic E-state index is 5.28. The van der Waals surface area contributed by atoms with Gasteiger partial charge in [-0.15, -0.1) is 0 Å². The Kier molecular flexibility index (Phi) is 7.84. The first-order valence-corrected chi connectivity index (χ1v) is 4.54. The highest BCUT2D eigenvalue weighted by Gasteiger charge is 1.90. The third kappa shape index (κ3) is 9.85. The minimum atomic E-state index is 0.542. The second-order valence-corrected chi connectivity index (χ2v) is 3.06. The molecule has 0 fully saturated rings. The molecule has 0 saturated heterocycles. The molecule has 0 aliphatic carbocycles. The average Bonchev–Trinajstić information content (AvgIpc) is 1.96. The Labute approximate surface area is 74.1 Å². The van der Waals surface area contributed by atoms with Gasteiger partial charge < -0.3 is 10.5 Å². The van der Waals surface area contributed by atoms with Crippen LogP contribution in [0.15, 0.2) is 0 Å². The molecule has 0 atom stereocenters. The van der Waals surface area contributed by atoms with Gasteiger partial charge in [-0.1, -0.05) is 32.0 Å². The molecular weight excluding hydrogens is 158 g/mol. The van der Waals surface area contributed by atoms with Gasteiger partial charge in [-0.05, 0) is 6.42 Å². The van der Waals surface area contributed by atoms with E-state index in [9.17, 15) is 0 Å². The van der Waals surface area contributed by atoms with Gasteiger partial charge in [-0.25, -0.2) is 0 Å². The third-order valence-electron chi connectivity index (χ3n) is 1.39. The summed E-state index contributed by atoms with van der Waals surface area (Å²) in [6.07, 6.45) is 4.33. The third-order valence-corrected chi connectivity index (χ3v) is 1.59. The standard InChI is InChI=1S/C8H17NOS/c1-2-3-4-6-10-7-5-8(9)11/h2-7H2,1H3,(H2,9,11). The van der Waals surface area contributed by atoms with Crippen molar-refractivity contribution < 1.29 is 4.74 Å². The van der Waals surface area contributed by atoms with E-state index in [2.05, 4.69) is 6.92 Å². The lowest BCUT2D eigenvalue weighted by Crippen LogP contribution is -2.11. The minimum absolute atomic E-state index is 0.542. The van der Waals surface area contributed by atoms with Crippen LogP contribution in [-0.2, 0) is 4.74 Å². The molecule has 0 aromatic carbocycles. The first-order valence-electron chi connectivity index (χ1n) is 4.13. The SMILES string of the molecule is CCCCCOCCC(N)=S. The lowest BCUT2D eigenvalue weighted by atomic mass is 10.3. The van der Waals surface area contributed by atoms with Crippen molar-refractivity contribution in [3.63, 3.8) is 0 Å². The van der Waals surface area contributed by atoms with Gasteiger partial charge >= 0.3 is 0 Å². The molecule has 0 spiro atoms. The van der Waals surface area contributed by atoms with E-state index in [0.717, 1.165) is 13.0 Å². The van der Waals surface area contributed by atoms with Gasteiger partial charge in [-0.3, -0.25) is 0 Å². The summed E-state index contributed by atoms with van der Waals surface area (Å²) in [5.74, 6) is 0. The molecule has 0 radical (unpaired) electrons. The van der Waals surface area contributed by atoms with Crippen LogP contribution >= 0.6 is 12.2 Å². The Hall–Kier alpha value is -0.150. The Bertz CT molecular complexity index is 106. The van der Waals surface area contributed by atoms with Crippen molar-refractivity contribution >= 4 is 17.2 Å². The molecule has 0 bridgehead atoms.